The van der Waals surface area contributed by atoms with Gasteiger partial charge in [-0.1, -0.05) is 0 Å². The summed E-state index contributed by atoms with van der Waals surface area (Å²) in [6, 6.07) is 12.8. The van der Waals surface area contributed by atoms with Crippen LogP contribution in [0.25, 0.3) is 55.0 Å². The normalized spacial score (nSPS) is 14.4. The molecule has 36 heavy (non-hydrogen) atoms. The van der Waals surface area contributed by atoms with E-state index in [0.29, 0.717) is 0 Å². The van der Waals surface area contributed by atoms with Crippen LogP contribution in [0, 0.1) is 6.92 Å². The van der Waals surface area contributed by atoms with E-state index in [0.717, 1.165) is 56.7 Å². The second-order valence-electron chi connectivity index (χ2n) is 9.47. The zero-order valence-corrected chi connectivity index (χ0v) is 20.8. The Labute approximate surface area is 212 Å². The molecule has 0 atom stereocenters. The number of aromatic nitrogens is 6. The predicted octanol–water partition coefficient (Wildman–Crippen LogP) is 6.20. The first-order valence-electron chi connectivity index (χ1n) is 12.3. The molecule has 8 heteroatoms. The van der Waals surface area contributed by atoms with E-state index < -0.39 is 0 Å². The quantitative estimate of drug-likeness (QED) is 0.300. The lowest BCUT2D eigenvalue weighted by Gasteiger charge is -2.14. The van der Waals surface area contributed by atoms with Gasteiger partial charge in [0.15, 0.2) is 0 Å². The van der Waals surface area contributed by atoms with Crippen molar-refractivity contribution < 1.29 is 0 Å². The van der Waals surface area contributed by atoms with Crippen molar-refractivity contribution in [1.82, 2.24) is 35.0 Å². The molecule has 0 aliphatic carbocycles. The van der Waals surface area contributed by atoms with Crippen LogP contribution in [0.3, 0.4) is 0 Å². The Morgan fingerprint density at radius 1 is 0.917 bits per heavy atom. The molecular formula is C28H25N7S. The highest BCUT2D eigenvalue weighted by atomic mass is 32.1. The van der Waals surface area contributed by atoms with Gasteiger partial charge in [-0.3, -0.25) is 25.0 Å². The smallest absolute Gasteiger partial charge is 0.116 e. The van der Waals surface area contributed by atoms with E-state index in [-0.39, 0.29) is 0 Å². The highest BCUT2D eigenvalue weighted by Gasteiger charge is 2.17. The second kappa shape index (κ2) is 8.65. The highest BCUT2D eigenvalue weighted by molar-refractivity contribution is 7.15. The molecule has 6 aromatic rings. The van der Waals surface area contributed by atoms with Gasteiger partial charge in [0.1, 0.15) is 5.69 Å². The van der Waals surface area contributed by atoms with Crippen molar-refractivity contribution >= 4 is 33.1 Å². The van der Waals surface area contributed by atoms with Gasteiger partial charge in [-0.15, -0.1) is 11.3 Å². The van der Waals surface area contributed by atoms with Crippen LogP contribution in [0.5, 0.6) is 0 Å². The monoisotopic (exact) mass is 491 g/mol. The molecule has 1 aliphatic rings. The fraction of sp³-hybridized carbons (Fsp3) is 0.214. The van der Waals surface area contributed by atoms with Crippen LogP contribution in [0.15, 0.2) is 61.2 Å². The molecule has 0 radical (unpaired) electrons. The number of rotatable bonds is 5. The van der Waals surface area contributed by atoms with Gasteiger partial charge >= 0.3 is 0 Å². The summed E-state index contributed by atoms with van der Waals surface area (Å²) >= 11 is 1.76. The van der Waals surface area contributed by atoms with E-state index >= 15 is 0 Å². The maximum absolute atomic E-state index is 4.71. The molecule has 0 bridgehead atoms. The molecule has 0 saturated carbocycles. The van der Waals surface area contributed by atoms with Crippen LogP contribution in [0.1, 0.15) is 23.3 Å². The van der Waals surface area contributed by atoms with Crippen LogP contribution >= 0.6 is 11.3 Å². The molecule has 7 heterocycles. The first-order chi connectivity index (χ1) is 17.7. The molecule has 1 aliphatic heterocycles. The number of nitrogens with one attached hydrogen (secondary N) is 2. The average Bonchev–Trinajstić information content (AvgIpc) is 3.70. The van der Waals surface area contributed by atoms with Crippen molar-refractivity contribution in [2.24, 2.45) is 0 Å². The Hall–Kier alpha value is -3.88. The molecule has 1 saturated heterocycles. The van der Waals surface area contributed by atoms with E-state index in [4.69, 9.17) is 4.98 Å². The van der Waals surface area contributed by atoms with Crippen LogP contribution in [-0.2, 0) is 6.54 Å². The number of nitrogens with zero attached hydrogens (tertiary/aromatic N) is 5. The number of aromatic amines is 2. The highest BCUT2D eigenvalue weighted by Crippen LogP contribution is 2.36. The first-order valence-corrected chi connectivity index (χ1v) is 13.1. The Morgan fingerprint density at radius 3 is 2.67 bits per heavy atom. The molecule has 0 amide bonds. The minimum absolute atomic E-state index is 0.874. The number of thiophene rings is 1. The standard InChI is InChI=1S/C28H25N7S/c1-17-4-5-26(36-17)28-20-12-24(32-22(20)6-7-30-28)27-21-11-23(31-15-25(21)33-34-27)19-10-18(13-29-14-19)16-35-8-2-3-9-35/h4-7,10-15,32H,2-3,8-9,16H2,1H3,(H,33,34). The lowest BCUT2D eigenvalue weighted by molar-refractivity contribution is 0.331. The number of likely N-dealkylation sites (tertiary alicyclic amines) is 1. The maximum Gasteiger partial charge on any atom is 0.116 e. The molecule has 7 nitrogen and oxygen atoms in total. The van der Waals surface area contributed by atoms with Crippen LogP contribution in [-0.4, -0.2) is 48.1 Å². The van der Waals surface area contributed by atoms with E-state index in [2.05, 4.69) is 67.3 Å². The largest absolute Gasteiger partial charge is 0.353 e. The summed E-state index contributed by atoms with van der Waals surface area (Å²) in [5, 5.41) is 9.92. The van der Waals surface area contributed by atoms with E-state index in [1.165, 1.54) is 41.2 Å². The third kappa shape index (κ3) is 3.79. The Bertz CT molecular complexity index is 1700. The van der Waals surface area contributed by atoms with Crippen molar-refractivity contribution in [3.05, 3.63) is 71.6 Å². The van der Waals surface area contributed by atoms with Crippen molar-refractivity contribution in [3.63, 3.8) is 0 Å². The third-order valence-electron chi connectivity index (χ3n) is 6.92. The number of aryl methyl sites for hydroxylation is 1. The lowest BCUT2D eigenvalue weighted by Crippen LogP contribution is -2.18. The SMILES string of the molecule is Cc1ccc(-c2nccc3[nH]c(-c4n[nH]c5cnc(-c6cncc(CN7CCCC7)c6)cc45)cc23)s1. The molecule has 6 aromatic heterocycles. The minimum Gasteiger partial charge on any atom is -0.353 e. The summed E-state index contributed by atoms with van der Waals surface area (Å²) in [5.41, 5.74) is 7.92. The van der Waals surface area contributed by atoms with Crippen LogP contribution in [0.2, 0.25) is 0 Å². The van der Waals surface area contributed by atoms with Gasteiger partial charge in [0, 0.05) is 51.9 Å². The summed E-state index contributed by atoms with van der Waals surface area (Å²) in [5.74, 6) is 0. The van der Waals surface area contributed by atoms with E-state index in [1.807, 2.05) is 30.9 Å². The van der Waals surface area contributed by atoms with Gasteiger partial charge < -0.3 is 4.98 Å². The zero-order valence-electron chi connectivity index (χ0n) is 20.0. The molecule has 178 valence electrons. The molecule has 0 unspecified atom stereocenters. The summed E-state index contributed by atoms with van der Waals surface area (Å²) in [7, 11) is 0. The van der Waals surface area contributed by atoms with Crippen LogP contribution in [0.4, 0.5) is 0 Å². The van der Waals surface area contributed by atoms with Gasteiger partial charge in [-0.05, 0) is 74.8 Å². The average molecular weight is 492 g/mol. The van der Waals surface area contributed by atoms with Crippen molar-refractivity contribution in [2.75, 3.05) is 13.1 Å². The number of fused-ring (bicyclic) bond motifs is 2. The van der Waals surface area contributed by atoms with Crippen LogP contribution < -0.4 is 0 Å². The summed E-state index contributed by atoms with van der Waals surface area (Å²) in [4.78, 5) is 22.4. The summed E-state index contributed by atoms with van der Waals surface area (Å²) in [6.07, 6.45) is 10.2. The van der Waals surface area contributed by atoms with Crippen molar-refractivity contribution in [2.45, 2.75) is 26.3 Å². The van der Waals surface area contributed by atoms with Gasteiger partial charge in [-0.2, -0.15) is 5.10 Å². The van der Waals surface area contributed by atoms with E-state index in [9.17, 15) is 0 Å². The van der Waals surface area contributed by atoms with Crippen molar-refractivity contribution in [1.29, 1.82) is 0 Å². The minimum atomic E-state index is 0.874. The lowest BCUT2D eigenvalue weighted by atomic mass is 10.1. The molecule has 2 N–H and O–H groups in total. The topological polar surface area (TPSA) is 86.4 Å². The molecule has 7 rings (SSSR count). The fourth-order valence-corrected chi connectivity index (χ4v) is 6.01. The predicted molar refractivity (Wildman–Crippen MR) is 145 cm³/mol. The number of hydrogen-bond donors (Lipinski definition) is 2. The Morgan fingerprint density at radius 2 is 1.81 bits per heavy atom. The van der Waals surface area contributed by atoms with Gasteiger partial charge in [0.25, 0.3) is 0 Å². The molecule has 0 spiro atoms. The number of pyridine rings is 3. The first kappa shape index (κ1) is 21.4. The Balaban J connectivity index is 1.28. The van der Waals surface area contributed by atoms with Gasteiger partial charge in [-0.25, -0.2) is 0 Å². The third-order valence-corrected chi connectivity index (χ3v) is 7.93. The molecule has 1 fully saturated rings. The number of H-pyrrole nitrogens is 2. The summed E-state index contributed by atoms with van der Waals surface area (Å²) in [6.45, 7) is 5.40. The number of hydrogen-bond acceptors (Lipinski definition) is 6. The zero-order chi connectivity index (χ0) is 24.1. The Kier molecular flexibility index (Phi) is 5.15. The molecule has 0 aromatic carbocycles. The van der Waals surface area contributed by atoms with E-state index in [1.54, 1.807) is 11.3 Å². The maximum atomic E-state index is 4.71. The molecular weight excluding hydrogens is 466 g/mol. The summed E-state index contributed by atoms with van der Waals surface area (Å²) < 4.78 is 0. The van der Waals surface area contributed by atoms with Gasteiger partial charge in [0.2, 0.25) is 0 Å². The van der Waals surface area contributed by atoms with Gasteiger partial charge in [0.05, 0.1) is 33.7 Å². The second-order valence-corrected chi connectivity index (χ2v) is 10.8. The fourth-order valence-electron chi connectivity index (χ4n) is 5.13. The van der Waals surface area contributed by atoms with Crippen molar-refractivity contribution in [3.8, 4) is 33.2 Å².